The number of hydrogen-bond donors (Lipinski definition) is 0. The van der Waals surface area contributed by atoms with Crippen LogP contribution in [0.5, 0.6) is 17.2 Å². The third-order valence-electron chi connectivity index (χ3n) is 3.43. The van der Waals surface area contributed by atoms with Crippen LogP contribution in [0.2, 0.25) is 0 Å². The fourth-order valence-electron chi connectivity index (χ4n) is 2.17. The number of halogens is 1. The van der Waals surface area contributed by atoms with Crippen LogP contribution < -0.4 is 14.2 Å². The molecule has 0 radical (unpaired) electrons. The van der Waals surface area contributed by atoms with Gasteiger partial charge in [-0.1, -0.05) is 27.7 Å². The van der Waals surface area contributed by atoms with Gasteiger partial charge >= 0.3 is 0 Å². The van der Waals surface area contributed by atoms with Crippen LogP contribution in [0.3, 0.4) is 0 Å². The van der Waals surface area contributed by atoms with Gasteiger partial charge in [0.25, 0.3) is 5.22 Å². The summed E-state index contributed by atoms with van der Waals surface area (Å²) in [4.78, 5) is 0. The van der Waals surface area contributed by atoms with Crippen LogP contribution >= 0.6 is 27.7 Å². The molecule has 6 nitrogen and oxygen atoms in total. The topological polar surface area (TPSA) is 66.6 Å². The maximum absolute atomic E-state index is 5.69. The minimum Gasteiger partial charge on any atom is -0.493 e. The highest BCUT2D eigenvalue weighted by Gasteiger charge is 2.12. The van der Waals surface area contributed by atoms with E-state index < -0.39 is 0 Å². The number of benzene rings is 2. The van der Waals surface area contributed by atoms with E-state index in [1.165, 1.54) is 11.8 Å². The van der Waals surface area contributed by atoms with Crippen LogP contribution in [0.1, 0.15) is 0 Å². The molecule has 0 saturated heterocycles. The Morgan fingerprint density at radius 2 is 1.77 bits per heavy atom. The van der Waals surface area contributed by atoms with E-state index in [-0.39, 0.29) is 0 Å². The molecule has 26 heavy (non-hydrogen) atoms. The minimum atomic E-state index is 0.433. The summed E-state index contributed by atoms with van der Waals surface area (Å²) < 4.78 is 22.9. The Labute approximate surface area is 164 Å². The lowest BCUT2D eigenvalue weighted by atomic mass is 10.2. The predicted molar refractivity (Wildman–Crippen MR) is 103 cm³/mol. The van der Waals surface area contributed by atoms with Crippen molar-refractivity contribution in [3.05, 3.63) is 46.9 Å². The molecule has 3 aromatic rings. The maximum Gasteiger partial charge on any atom is 0.276 e. The Hall–Kier alpha value is -2.19. The smallest absolute Gasteiger partial charge is 0.276 e. The van der Waals surface area contributed by atoms with Gasteiger partial charge in [-0.3, -0.25) is 0 Å². The number of aromatic nitrogens is 2. The summed E-state index contributed by atoms with van der Waals surface area (Å²) in [5, 5.41) is 8.64. The molecular formula is C18H17BrN2O4S. The molecule has 0 aliphatic rings. The van der Waals surface area contributed by atoms with Crippen LogP contribution in [-0.4, -0.2) is 36.8 Å². The highest BCUT2D eigenvalue weighted by atomic mass is 79.9. The lowest BCUT2D eigenvalue weighted by molar-refractivity contribution is 0.343. The van der Waals surface area contributed by atoms with Gasteiger partial charge in [0.1, 0.15) is 5.75 Å². The predicted octanol–water partition coefficient (Wildman–Crippen LogP) is 4.69. The van der Waals surface area contributed by atoms with Crippen LogP contribution in [0, 0.1) is 0 Å². The Morgan fingerprint density at radius 1 is 1.00 bits per heavy atom. The van der Waals surface area contributed by atoms with E-state index in [0.29, 0.717) is 35.0 Å². The summed E-state index contributed by atoms with van der Waals surface area (Å²) >= 11 is 4.84. The van der Waals surface area contributed by atoms with Crippen LogP contribution in [0.15, 0.2) is 56.6 Å². The number of ether oxygens (including phenoxy) is 3. The molecule has 0 aliphatic heterocycles. The number of nitrogens with zero attached hydrogens (tertiary/aromatic N) is 2. The molecule has 136 valence electrons. The zero-order valence-electron chi connectivity index (χ0n) is 14.3. The molecule has 2 aromatic carbocycles. The Bertz CT molecular complexity index is 855. The largest absolute Gasteiger partial charge is 0.493 e. The van der Waals surface area contributed by atoms with Gasteiger partial charge < -0.3 is 18.6 Å². The number of hydrogen-bond acceptors (Lipinski definition) is 7. The Balaban J connectivity index is 1.55. The van der Waals surface area contributed by atoms with Gasteiger partial charge in [-0.15, -0.1) is 10.2 Å². The van der Waals surface area contributed by atoms with Crippen LogP contribution in [-0.2, 0) is 0 Å². The highest BCUT2D eigenvalue weighted by Crippen LogP contribution is 2.32. The third-order valence-corrected chi connectivity index (χ3v) is 4.74. The lowest BCUT2D eigenvalue weighted by Gasteiger charge is -2.07. The third kappa shape index (κ3) is 4.70. The Kier molecular flexibility index (Phi) is 6.40. The molecule has 3 rings (SSSR count). The van der Waals surface area contributed by atoms with Crippen molar-refractivity contribution in [2.75, 3.05) is 26.6 Å². The zero-order chi connectivity index (χ0) is 18.4. The minimum absolute atomic E-state index is 0.433. The van der Waals surface area contributed by atoms with E-state index in [0.717, 1.165) is 15.8 Å². The SMILES string of the molecule is COc1ccc(-c2nnc(SCCOc3ccc(Br)cc3)o2)cc1OC. The first kappa shape index (κ1) is 18.6. The van der Waals surface area contributed by atoms with E-state index >= 15 is 0 Å². The van der Waals surface area contributed by atoms with E-state index in [2.05, 4.69) is 26.1 Å². The summed E-state index contributed by atoms with van der Waals surface area (Å²) in [6.45, 7) is 0.542. The molecule has 1 heterocycles. The van der Waals surface area contributed by atoms with E-state index in [9.17, 15) is 0 Å². The fourth-order valence-corrected chi connectivity index (χ4v) is 3.02. The van der Waals surface area contributed by atoms with Crippen LogP contribution in [0.4, 0.5) is 0 Å². The molecule has 0 atom stereocenters. The van der Waals surface area contributed by atoms with Crippen molar-refractivity contribution >= 4 is 27.7 Å². The standard InChI is InChI=1S/C18H17BrN2O4S/c1-22-15-8-3-12(11-16(15)23-2)17-20-21-18(25-17)26-10-9-24-14-6-4-13(19)5-7-14/h3-8,11H,9-10H2,1-2H3. The van der Waals surface area contributed by atoms with Gasteiger partial charge in [0.15, 0.2) is 11.5 Å². The lowest BCUT2D eigenvalue weighted by Crippen LogP contribution is -1.99. The second-order valence-corrected chi connectivity index (χ2v) is 7.06. The first-order chi connectivity index (χ1) is 12.7. The van der Waals surface area contributed by atoms with Crippen molar-refractivity contribution in [3.8, 4) is 28.7 Å². The summed E-state index contributed by atoms with van der Waals surface area (Å²) in [5.74, 6) is 3.22. The van der Waals surface area contributed by atoms with Gasteiger partial charge in [-0.05, 0) is 42.5 Å². The Morgan fingerprint density at radius 3 is 2.50 bits per heavy atom. The molecule has 0 spiro atoms. The summed E-state index contributed by atoms with van der Waals surface area (Å²) in [5.41, 5.74) is 0.771. The van der Waals surface area contributed by atoms with Gasteiger partial charge in [-0.25, -0.2) is 0 Å². The zero-order valence-corrected chi connectivity index (χ0v) is 16.7. The summed E-state index contributed by atoms with van der Waals surface area (Å²) in [7, 11) is 3.18. The average molecular weight is 437 g/mol. The van der Waals surface area contributed by atoms with Gasteiger partial charge in [-0.2, -0.15) is 0 Å². The summed E-state index contributed by atoms with van der Waals surface area (Å²) in [6.07, 6.45) is 0. The molecule has 1 aromatic heterocycles. The number of thioether (sulfide) groups is 1. The van der Waals surface area contributed by atoms with Crippen molar-refractivity contribution in [1.82, 2.24) is 10.2 Å². The van der Waals surface area contributed by atoms with Crippen molar-refractivity contribution in [3.63, 3.8) is 0 Å². The molecule has 0 amide bonds. The van der Waals surface area contributed by atoms with E-state index in [1.807, 2.05) is 30.3 Å². The average Bonchev–Trinajstić information content (AvgIpc) is 3.15. The quantitative estimate of drug-likeness (QED) is 0.374. The van der Waals surface area contributed by atoms with Crippen molar-refractivity contribution in [1.29, 1.82) is 0 Å². The van der Waals surface area contributed by atoms with Gasteiger partial charge in [0.2, 0.25) is 5.89 Å². The molecule has 0 N–H and O–H groups in total. The molecular weight excluding hydrogens is 420 g/mol. The normalized spacial score (nSPS) is 10.6. The van der Waals surface area contributed by atoms with Gasteiger partial charge in [0.05, 0.1) is 20.8 Å². The fraction of sp³-hybridized carbons (Fsp3) is 0.222. The van der Waals surface area contributed by atoms with Crippen LogP contribution in [0.25, 0.3) is 11.5 Å². The van der Waals surface area contributed by atoms with Crippen molar-refractivity contribution in [2.45, 2.75) is 5.22 Å². The molecule has 0 saturated carbocycles. The second kappa shape index (κ2) is 8.95. The molecule has 0 fully saturated rings. The molecule has 0 aliphatic carbocycles. The maximum atomic E-state index is 5.69. The first-order valence-corrected chi connectivity index (χ1v) is 9.54. The van der Waals surface area contributed by atoms with E-state index in [4.69, 9.17) is 18.6 Å². The first-order valence-electron chi connectivity index (χ1n) is 7.76. The number of rotatable bonds is 8. The number of methoxy groups -OCH3 is 2. The second-order valence-electron chi connectivity index (χ2n) is 5.09. The molecule has 0 unspecified atom stereocenters. The van der Waals surface area contributed by atoms with Crippen molar-refractivity contribution in [2.24, 2.45) is 0 Å². The van der Waals surface area contributed by atoms with E-state index in [1.54, 1.807) is 26.4 Å². The van der Waals surface area contributed by atoms with Crippen molar-refractivity contribution < 1.29 is 18.6 Å². The monoisotopic (exact) mass is 436 g/mol. The highest BCUT2D eigenvalue weighted by molar-refractivity contribution is 9.10. The van der Waals surface area contributed by atoms with Gasteiger partial charge in [0, 0.05) is 15.8 Å². The summed E-state index contributed by atoms with van der Waals surface area (Å²) in [6, 6.07) is 13.2. The molecule has 0 bridgehead atoms. The molecule has 8 heteroatoms.